The molecule has 2 fully saturated rings. The van der Waals surface area contributed by atoms with E-state index in [9.17, 15) is 31.1 Å². The quantitative estimate of drug-likeness (QED) is 0.125. The molecule has 6 aromatic rings. The number of amides is 1. The number of imidazole rings is 1. The van der Waals surface area contributed by atoms with E-state index in [4.69, 9.17) is 9.72 Å². The molecule has 11 nitrogen and oxygen atoms in total. The lowest BCUT2D eigenvalue weighted by atomic mass is 10.0. The minimum Gasteiger partial charge on any atom is -0.494 e. The molecule has 2 aliphatic rings. The molecular formula is C43H41F6N9O2. The van der Waals surface area contributed by atoms with Gasteiger partial charge in [-0.2, -0.15) is 13.2 Å². The molecule has 3 aromatic carbocycles. The summed E-state index contributed by atoms with van der Waals surface area (Å²) in [5.74, 6) is -2.02. The average Bonchev–Trinajstić information content (AvgIpc) is 3.65. The fraction of sp³-hybridized carbons (Fsp3) is 0.302. The van der Waals surface area contributed by atoms with E-state index >= 15 is 0 Å². The van der Waals surface area contributed by atoms with E-state index in [0.717, 1.165) is 82.1 Å². The van der Waals surface area contributed by atoms with Crippen LogP contribution in [-0.4, -0.2) is 101 Å². The second-order valence-corrected chi connectivity index (χ2v) is 14.6. The zero-order valence-corrected chi connectivity index (χ0v) is 32.5. The molecule has 2 N–H and O–H groups in total. The first-order valence-electron chi connectivity index (χ1n) is 19.5. The third kappa shape index (κ3) is 8.58. The third-order valence-corrected chi connectivity index (χ3v) is 11.0. The molecule has 60 heavy (non-hydrogen) atoms. The number of carbonyl (C=O) groups is 1. The summed E-state index contributed by atoms with van der Waals surface area (Å²) in [7, 11) is 1.57. The normalized spacial score (nSPS) is 15.7. The highest BCUT2D eigenvalue weighted by Crippen LogP contribution is 2.37. The zero-order valence-electron chi connectivity index (χ0n) is 32.5. The van der Waals surface area contributed by atoms with Crippen LogP contribution in [0.2, 0.25) is 0 Å². The van der Waals surface area contributed by atoms with E-state index in [1.807, 2.05) is 18.2 Å². The van der Waals surface area contributed by atoms with Crippen LogP contribution < -0.4 is 20.3 Å². The maximum absolute atomic E-state index is 14.4. The topological polar surface area (TPSA) is 103 Å². The second kappa shape index (κ2) is 17.2. The number of rotatable bonds is 11. The molecule has 1 amide bonds. The monoisotopic (exact) mass is 829 g/mol. The largest absolute Gasteiger partial charge is 0.494 e. The van der Waals surface area contributed by atoms with E-state index in [1.165, 1.54) is 41.1 Å². The fourth-order valence-electron chi connectivity index (χ4n) is 7.89. The average molecular weight is 830 g/mol. The number of anilines is 4. The summed E-state index contributed by atoms with van der Waals surface area (Å²) in [5, 5.41) is 5.48. The molecule has 8 rings (SSSR count). The number of ether oxygens (including phenoxy) is 1. The standard InChI is InChI=1S/C43H41F6N9O2/c1-60-36-26-31(56-16-12-30(13-17-56)57-22-20-55(19-14-44)21-23-57)8-9-34(36)51-42-50-15-10-35(52-42)40-38(53-37-25-29(43(47,48)49)11-18-58(37)40)27-4-2-5-28(24-27)41(59)54-39-32(45)6-3-7-33(39)46/h2-11,15,18,24-26,30H,12-14,16-17,19-23H2,1H3,(H,54,59)(H,50,51,52). The number of nitrogens with zero attached hydrogens (tertiary/aromatic N) is 7. The number of benzene rings is 3. The zero-order chi connectivity index (χ0) is 42.0. The Balaban J connectivity index is 1.05. The summed E-state index contributed by atoms with van der Waals surface area (Å²) >= 11 is 0. The molecule has 2 saturated heterocycles. The molecule has 3 aromatic heterocycles. The lowest BCUT2D eigenvalue weighted by Crippen LogP contribution is -2.53. The first-order chi connectivity index (χ1) is 29.0. The lowest BCUT2D eigenvalue weighted by molar-refractivity contribution is -0.137. The van der Waals surface area contributed by atoms with Gasteiger partial charge in [-0.1, -0.05) is 18.2 Å². The number of alkyl halides is 4. The molecule has 0 aliphatic carbocycles. The van der Waals surface area contributed by atoms with Gasteiger partial charge in [0.05, 0.1) is 35.4 Å². The van der Waals surface area contributed by atoms with Crippen LogP contribution >= 0.6 is 0 Å². The highest BCUT2D eigenvalue weighted by Gasteiger charge is 2.32. The fourth-order valence-corrected chi connectivity index (χ4v) is 7.89. The molecule has 0 atom stereocenters. The summed E-state index contributed by atoms with van der Waals surface area (Å²) in [6.07, 6.45) is 0.131. The van der Waals surface area contributed by atoms with Gasteiger partial charge in [0, 0.05) is 87.1 Å². The molecule has 2 aliphatic heterocycles. The van der Waals surface area contributed by atoms with Crippen molar-refractivity contribution in [3.8, 4) is 28.4 Å². The summed E-state index contributed by atoms with van der Waals surface area (Å²) in [6, 6.07) is 18.9. The minimum absolute atomic E-state index is 0.0173. The van der Waals surface area contributed by atoms with Gasteiger partial charge in [0.15, 0.2) is 0 Å². The highest BCUT2D eigenvalue weighted by atomic mass is 19.4. The highest BCUT2D eigenvalue weighted by molar-refractivity contribution is 6.05. The Labute approximate surface area is 341 Å². The van der Waals surface area contributed by atoms with Gasteiger partial charge in [0.1, 0.15) is 35.4 Å². The van der Waals surface area contributed by atoms with Crippen molar-refractivity contribution < 1.29 is 35.9 Å². The van der Waals surface area contributed by atoms with Crippen molar-refractivity contribution >= 4 is 34.6 Å². The predicted octanol–water partition coefficient (Wildman–Crippen LogP) is 8.32. The van der Waals surface area contributed by atoms with Gasteiger partial charge in [-0.3, -0.25) is 19.0 Å². The second-order valence-electron chi connectivity index (χ2n) is 14.6. The molecule has 0 spiro atoms. The van der Waals surface area contributed by atoms with Crippen LogP contribution in [0.1, 0.15) is 28.8 Å². The van der Waals surface area contributed by atoms with E-state index in [-0.39, 0.29) is 29.5 Å². The summed E-state index contributed by atoms with van der Waals surface area (Å²) < 4.78 is 90.3. The number of aromatic nitrogens is 4. The maximum atomic E-state index is 14.4. The Hall–Kier alpha value is -6.20. The van der Waals surface area contributed by atoms with Gasteiger partial charge in [-0.15, -0.1) is 0 Å². The maximum Gasteiger partial charge on any atom is 0.416 e. The van der Waals surface area contributed by atoms with Crippen molar-refractivity contribution in [3.63, 3.8) is 0 Å². The van der Waals surface area contributed by atoms with Gasteiger partial charge in [0.2, 0.25) is 5.95 Å². The number of fused-ring (bicyclic) bond motifs is 1. The van der Waals surface area contributed by atoms with Gasteiger partial charge >= 0.3 is 6.18 Å². The van der Waals surface area contributed by atoms with Crippen molar-refractivity contribution in [1.82, 2.24) is 29.2 Å². The number of carbonyl (C=O) groups excluding carboxylic acids is 1. The molecule has 0 saturated carbocycles. The molecule has 0 bridgehead atoms. The van der Waals surface area contributed by atoms with E-state index < -0.39 is 35.0 Å². The predicted molar refractivity (Wildman–Crippen MR) is 216 cm³/mol. The number of hydrogen-bond acceptors (Lipinski definition) is 9. The third-order valence-electron chi connectivity index (χ3n) is 11.0. The number of piperidine rings is 1. The number of methoxy groups -OCH3 is 1. The lowest BCUT2D eigenvalue weighted by Gasteiger charge is -2.43. The summed E-state index contributed by atoms with van der Waals surface area (Å²) in [6.45, 7) is 5.62. The minimum atomic E-state index is -4.64. The molecule has 5 heterocycles. The van der Waals surface area contributed by atoms with E-state index in [2.05, 4.69) is 35.3 Å². The first kappa shape index (κ1) is 40.6. The van der Waals surface area contributed by atoms with Crippen molar-refractivity contribution in [2.45, 2.75) is 25.1 Å². The number of halogens is 6. The molecule has 312 valence electrons. The van der Waals surface area contributed by atoms with Crippen LogP contribution in [0, 0.1) is 11.6 Å². The van der Waals surface area contributed by atoms with Gasteiger partial charge in [-0.05, 0) is 67.4 Å². The smallest absolute Gasteiger partial charge is 0.416 e. The van der Waals surface area contributed by atoms with Crippen LogP contribution in [-0.2, 0) is 6.18 Å². The molecule has 0 unspecified atom stereocenters. The van der Waals surface area contributed by atoms with E-state index in [1.54, 1.807) is 19.2 Å². The van der Waals surface area contributed by atoms with Gasteiger partial charge < -0.3 is 20.3 Å². The Morgan fingerprint density at radius 3 is 2.35 bits per heavy atom. The number of piperazine rings is 1. The van der Waals surface area contributed by atoms with Crippen molar-refractivity contribution in [1.29, 1.82) is 0 Å². The Kier molecular flexibility index (Phi) is 11.6. The SMILES string of the molecule is COc1cc(N2CCC(N3CCN(CCF)CC3)CC2)ccc1Nc1nccc(-c2c(-c3cccc(C(=O)Nc4c(F)cccc4F)c3)nc3cc(C(F)(F)F)ccn23)n1. The number of hydrogen-bond donors (Lipinski definition) is 2. The Morgan fingerprint density at radius 1 is 0.883 bits per heavy atom. The molecule has 0 radical (unpaired) electrons. The number of pyridine rings is 1. The summed E-state index contributed by atoms with van der Waals surface area (Å²) in [4.78, 5) is 34.0. The Bertz CT molecular complexity index is 2480. The van der Waals surface area contributed by atoms with Crippen molar-refractivity contribution in [2.24, 2.45) is 0 Å². The summed E-state index contributed by atoms with van der Waals surface area (Å²) in [5.41, 5.74) is 1.14. The van der Waals surface area contributed by atoms with Crippen LogP contribution in [0.25, 0.3) is 28.3 Å². The molecular weight excluding hydrogens is 789 g/mol. The van der Waals surface area contributed by atoms with Crippen LogP contribution in [0.5, 0.6) is 5.75 Å². The van der Waals surface area contributed by atoms with Gasteiger partial charge in [0.25, 0.3) is 5.91 Å². The van der Waals surface area contributed by atoms with Crippen molar-refractivity contribution in [3.05, 3.63) is 114 Å². The number of para-hydroxylation sites is 1. The van der Waals surface area contributed by atoms with E-state index in [0.29, 0.717) is 41.0 Å². The van der Waals surface area contributed by atoms with Crippen LogP contribution in [0.4, 0.5) is 49.4 Å². The first-order valence-corrected chi connectivity index (χ1v) is 19.5. The van der Waals surface area contributed by atoms with Crippen LogP contribution in [0.15, 0.2) is 91.3 Å². The van der Waals surface area contributed by atoms with Crippen molar-refractivity contribution in [2.75, 3.05) is 75.1 Å². The molecule has 17 heteroatoms. The number of nitrogens with one attached hydrogen (secondary N) is 2. The van der Waals surface area contributed by atoms with Crippen LogP contribution in [0.3, 0.4) is 0 Å². The Morgan fingerprint density at radius 2 is 1.63 bits per heavy atom. The van der Waals surface area contributed by atoms with Gasteiger partial charge in [-0.25, -0.2) is 28.1 Å².